The average molecular weight is 453 g/mol. The van der Waals surface area contributed by atoms with Gasteiger partial charge in [0, 0.05) is 27.2 Å². The van der Waals surface area contributed by atoms with E-state index in [0.29, 0.717) is 5.56 Å². The van der Waals surface area contributed by atoms with Gasteiger partial charge >= 0.3 is 0 Å². The molecule has 1 amide bonds. The molecule has 3 rings (SSSR count). The fourth-order valence-electron chi connectivity index (χ4n) is 2.44. The van der Waals surface area contributed by atoms with Crippen molar-refractivity contribution in [2.75, 3.05) is 18.3 Å². The Kier molecular flexibility index (Phi) is 6.44. The summed E-state index contributed by atoms with van der Waals surface area (Å²) < 4.78 is 4.29. The second-order valence-electron chi connectivity index (χ2n) is 5.29. The number of halogens is 1. The molecule has 0 aliphatic rings. The SMILES string of the molecule is CSCCn1c(=NC(=O)c2cccc(SC)c2)sc2cc(Br)ccc21. The highest BCUT2D eigenvalue weighted by atomic mass is 79.9. The van der Waals surface area contributed by atoms with E-state index in [9.17, 15) is 4.79 Å². The van der Waals surface area contributed by atoms with Crippen LogP contribution in [0.1, 0.15) is 10.4 Å². The quantitative estimate of drug-likeness (QED) is 0.493. The largest absolute Gasteiger partial charge is 0.316 e. The van der Waals surface area contributed by atoms with Crippen LogP contribution in [0, 0.1) is 0 Å². The van der Waals surface area contributed by atoms with E-state index in [0.717, 1.165) is 36.7 Å². The third kappa shape index (κ3) is 4.39. The highest BCUT2D eigenvalue weighted by molar-refractivity contribution is 9.10. The van der Waals surface area contributed by atoms with Crippen LogP contribution < -0.4 is 4.80 Å². The number of hydrogen-bond donors (Lipinski definition) is 0. The Labute approximate surface area is 167 Å². The summed E-state index contributed by atoms with van der Waals surface area (Å²) in [5.41, 5.74) is 1.74. The van der Waals surface area contributed by atoms with Gasteiger partial charge in [-0.25, -0.2) is 0 Å². The Bertz CT molecular complexity index is 978. The van der Waals surface area contributed by atoms with Crippen LogP contribution in [-0.2, 0) is 6.54 Å². The summed E-state index contributed by atoms with van der Waals surface area (Å²) in [6.07, 6.45) is 4.09. The zero-order valence-electron chi connectivity index (χ0n) is 13.9. The van der Waals surface area contributed by atoms with Crippen molar-refractivity contribution in [3.05, 3.63) is 57.3 Å². The van der Waals surface area contributed by atoms with Gasteiger partial charge in [-0.3, -0.25) is 4.79 Å². The van der Waals surface area contributed by atoms with E-state index >= 15 is 0 Å². The molecule has 0 aliphatic carbocycles. The van der Waals surface area contributed by atoms with E-state index < -0.39 is 0 Å². The van der Waals surface area contributed by atoms with Crippen LogP contribution in [0.3, 0.4) is 0 Å². The molecule has 0 spiro atoms. The van der Waals surface area contributed by atoms with Crippen molar-refractivity contribution in [1.82, 2.24) is 4.57 Å². The third-order valence-electron chi connectivity index (χ3n) is 3.68. The van der Waals surface area contributed by atoms with E-state index in [1.54, 1.807) is 34.9 Å². The predicted octanol–water partition coefficient (Wildman–Crippen LogP) is 5.29. The number of hydrogen-bond acceptors (Lipinski definition) is 4. The summed E-state index contributed by atoms with van der Waals surface area (Å²) in [6, 6.07) is 13.8. The van der Waals surface area contributed by atoms with Gasteiger partial charge in [0.1, 0.15) is 0 Å². The van der Waals surface area contributed by atoms with Crippen molar-refractivity contribution < 1.29 is 4.79 Å². The lowest BCUT2D eigenvalue weighted by Crippen LogP contribution is -2.18. The number of carbonyl (C=O) groups excluding carboxylic acids is 1. The molecule has 0 fully saturated rings. The van der Waals surface area contributed by atoms with Gasteiger partial charge in [0.05, 0.1) is 10.2 Å². The molecule has 25 heavy (non-hydrogen) atoms. The first kappa shape index (κ1) is 18.8. The molecule has 0 aliphatic heterocycles. The number of thiazole rings is 1. The summed E-state index contributed by atoms with van der Waals surface area (Å²) in [5.74, 6) is 0.782. The van der Waals surface area contributed by atoms with Crippen molar-refractivity contribution in [3.63, 3.8) is 0 Å². The van der Waals surface area contributed by atoms with Crippen LogP contribution in [-0.4, -0.2) is 28.7 Å². The van der Waals surface area contributed by atoms with Crippen LogP contribution >= 0.6 is 50.8 Å². The monoisotopic (exact) mass is 452 g/mol. The van der Waals surface area contributed by atoms with E-state index in [4.69, 9.17) is 0 Å². The second-order valence-corrected chi connectivity index (χ2v) is 9.08. The van der Waals surface area contributed by atoms with Gasteiger partial charge in [-0.1, -0.05) is 33.3 Å². The Morgan fingerprint density at radius 1 is 1.24 bits per heavy atom. The molecule has 3 nitrogen and oxygen atoms in total. The second kappa shape index (κ2) is 8.58. The van der Waals surface area contributed by atoms with Crippen molar-refractivity contribution in [1.29, 1.82) is 0 Å². The Hall–Kier alpha value is -1.02. The molecule has 0 N–H and O–H groups in total. The van der Waals surface area contributed by atoms with Gasteiger partial charge in [-0.05, 0) is 48.9 Å². The highest BCUT2D eigenvalue weighted by Gasteiger charge is 2.10. The summed E-state index contributed by atoms with van der Waals surface area (Å²) in [4.78, 5) is 18.9. The fourth-order valence-corrected chi connectivity index (χ4v) is 4.87. The standard InChI is InChI=1S/C18H17BrN2OS3/c1-23-9-8-21-15-7-6-13(19)11-16(15)25-18(21)20-17(22)12-4-3-5-14(10-12)24-2/h3-7,10-11H,8-9H2,1-2H3. The molecular weight excluding hydrogens is 436 g/mol. The zero-order valence-corrected chi connectivity index (χ0v) is 17.9. The van der Waals surface area contributed by atoms with E-state index in [-0.39, 0.29) is 5.91 Å². The number of amides is 1. The van der Waals surface area contributed by atoms with E-state index in [1.807, 2.05) is 36.6 Å². The maximum Gasteiger partial charge on any atom is 0.279 e. The maximum atomic E-state index is 12.7. The molecule has 1 heterocycles. The smallest absolute Gasteiger partial charge is 0.279 e. The van der Waals surface area contributed by atoms with Gasteiger partial charge in [0.25, 0.3) is 5.91 Å². The fraction of sp³-hybridized carbons (Fsp3) is 0.222. The number of benzene rings is 2. The lowest BCUT2D eigenvalue weighted by molar-refractivity contribution is 0.0997. The number of nitrogens with zero attached hydrogens (tertiary/aromatic N) is 2. The minimum Gasteiger partial charge on any atom is -0.316 e. The summed E-state index contributed by atoms with van der Waals surface area (Å²) >= 11 is 8.48. The summed E-state index contributed by atoms with van der Waals surface area (Å²) in [6.45, 7) is 0.833. The van der Waals surface area contributed by atoms with Gasteiger partial charge in [-0.2, -0.15) is 16.8 Å². The Morgan fingerprint density at radius 3 is 2.84 bits per heavy atom. The molecule has 0 atom stereocenters. The lowest BCUT2D eigenvalue weighted by Gasteiger charge is -2.04. The number of aryl methyl sites for hydroxylation is 1. The van der Waals surface area contributed by atoms with E-state index in [1.165, 1.54) is 0 Å². The molecule has 0 unspecified atom stereocenters. The number of rotatable bonds is 5. The van der Waals surface area contributed by atoms with Crippen molar-refractivity contribution >= 4 is 66.9 Å². The molecule has 0 bridgehead atoms. The van der Waals surface area contributed by atoms with Gasteiger partial charge < -0.3 is 4.57 Å². The van der Waals surface area contributed by atoms with Crippen LogP contribution in [0.2, 0.25) is 0 Å². The molecule has 1 aromatic heterocycles. The zero-order chi connectivity index (χ0) is 17.8. The molecule has 7 heteroatoms. The number of aromatic nitrogens is 1. The molecular formula is C18H17BrN2OS3. The Balaban J connectivity index is 2.08. The lowest BCUT2D eigenvalue weighted by atomic mass is 10.2. The first-order valence-electron chi connectivity index (χ1n) is 7.63. The normalized spacial score (nSPS) is 12.0. The summed E-state index contributed by atoms with van der Waals surface area (Å²) in [7, 11) is 0. The first-order chi connectivity index (χ1) is 12.1. The summed E-state index contributed by atoms with van der Waals surface area (Å²) in [5, 5.41) is 0. The molecule has 130 valence electrons. The average Bonchev–Trinajstić information content (AvgIpc) is 2.95. The van der Waals surface area contributed by atoms with Crippen molar-refractivity contribution in [2.24, 2.45) is 4.99 Å². The number of thioether (sulfide) groups is 2. The predicted molar refractivity (Wildman–Crippen MR) is 114 cm³/mol. The van der Waals surface area contributed by atoms with Crippen LogP contribution in [0.25, 0.3) is 10.2 Å². The third-order valence-corrected chi connectivity index (χ3v) is 6.53. The van der Waals surface area contributed by atoms with Crippen LogP contribution in [0.4, 0.5) is 0 Å². The van der Waals surface area contributed by atoms with Crippen LogP contribution in [0.5, 0.6) is 0 Å². The first-order valence-corrected chi connectivity index (χ1v) is 11.9. The van der Waals surface area contributed by atoms with Crippen molar-refractivity contribution in [3.8, 4) is 0 Å². The molecule has 3 aromatic rings. The van der Waals surface area contributed by atoms with Gasteiger partial charge in [0.15, 0.2) is 4.80 Å². The molecule has 0 saturated carbocycles. The molecule has 0 radical (unpaired) electrons. The van der Waals surface area contributed by atoms with Crippen molar-refractivity contribution in [2.45, 2.75) is 11.4 Å². The minimum atomic E-state index is -0.195. The maximum absolute atomic E-state index is 12.7. The van der Waals surface area contributed by atoms with E-state index in [2.05, 4.69) is 43.9 Å². The Morgan fingerprint density at radius 2 is 2.08 bits per heavy atom. The topological polar surface area (TPSA) is 34.4 Å². The van der Waals surface area contributed by atoms with Crippen LogP contribution in [0.15, 0.2) is 56.8 Å². The number of fused-ring (bicyclic) bond motifs is 1. The van der Waals surface area contributed by atoms with Gasteiger partial charge in [-0.15, -0.1) is 11.8 Å². The van der Waals surface area contributed by atoms with Gasteiger partial charge in [0.2, 0.25) is 0 Å². The molecule has 0 saturated heterocycles. The highest BCUT2D eigenvalue weighted by Crippen LogP contribution is 2.23. The minimum absolute atomic E-state index is 0.195. The number of carbonyl (C=O) groups is 1. The molecule has 2 aromatic carbocycles.